The van der Waals surface area contributed by atoms with Crippen molar-refractivity contribution < 1.29 is 22.7 Å². The minimum absolute atomic E-state index is 0.918. The van der Waals surface area contributed by atoms with Crippen molar-refractivity contribution in [1.82, 2.24) is 0 Å². The number of allylic oxidation sites excluding steroid dienone is 1. The van der Waals surface area contributed by atoms with Crippen LogP contribution in [0.1, 0.15) is 26.7 Å². The van der Waals surface area contributed by atoms with Crippen molar-refractivity contribution in [3.05, 3.63) is 5.76 Å². The predicted octanol–water partition coefficient (Wildman–Crippen LogP) is 2.40. The zero-order chi connectivity index (χ0) is 16.0. The van der Waals surface area contributed by atoms with E-state index in [4.69, 9.17) is 20.5 Å². The third kappa shape index (κ3) is 4.65. The number of rotatable bonds is 5. The molecule has 0 fully saturated rings. The average Bonchev–Trinajstić information content (AvgIpc) is 2.37. The molecule has 0 unspecified atom stereocenters. The summed E-state index contributed by atoms with van der Waals surface area (Å²) in [6.07, 6.45) is -7.02. The van der Waals surface area contributed by atoms with Gasteiger partial charge >= 0.3 is 6.18 Å². The first-order chi connectivity index (χ1) is 9.05. The molecule has 0 saturated carbocycles. The first-order valence-corrected chi connectivity index (χ1v) is 5.31. The number of carbonyl (C=O) groups excluding carboxylic acids is 1. The van der Waals surface area contributed by atoms with Crippen LogP contribution in [0.2, 0.25) is 0 Å². The third-order valence-electron chi connectivity index (χ3n) is 2.27. The van der Waals surface area contributed by atoms with Gasteiger partial charge in [-0.1, -0.05) is 0 Å². The Labute approximate surface area is 113 Å². The molecule has 0 atom stereocenters. The Morgan fingerprint density at radius 1 is 1.05 bits per heavy atom. The predicted molar refractivity (Wildman–Crippen MR) is 58.9 cm³/mol. The lowest BCUT2D eigenvalue weighted by Gasteiger charge is -2.25. The molecule has 0 heterocycles. The molecule has 5 nitrogen and oxygen atoms in total. The summed E-state index contributed by atoms with van der Waals surface area (Å²) < 4.78 is 41.5. The molecule has 0 aliphatic rings. The van der Waals surface area contributed by atoms with Gasteiger partial charge in [-0.05, 0) is 20.3 Å². The van der Waals surface area contributed by atoms with Crippen LogP contribution in [0.4, 0.5) is 13.2 Å². The van der Waals surface area contributed by atoms with E-state index in [1.807, 2.05) is 0 Å². The number of halogens is 3. The molecule has 0 aliphatic carbocycles. The van der Waals surface area contributed by atoms with Crippen molar-refractivity contribution in [1.29, 1.82) is 15.8 Å². The third-order valence-corrected chi connectivity index (χ3v) is 2.27. The standard InChI is InChI=1S/C12H10F3N3O2/c1-10(2,6-16)20-9(5-19)11(7-17,8-18)3-4-12(13,14)15/h3-4H2,1-2H3. The summed E-state index contributed by atoms with van der Waals surface area (Å²) >= 11 is 0. The molecular formula is C12H10F3N3O2. The van der Waals surface area contributed by atoms with Gasteiger partial charge in [0.1, 0.15) is 6.07 Å². The van der Waals surface area contributed by atoms with Crippen molar-refractivity contribution >= 4 is 5.94 Å². The number of ether oxygens (including phenoxy) is 1. The maximum atomic E-state index is 12.2. The van der Waals surface area contributed by atoms with Gasteiger partial charge < -0.3 is 4.74 Å². The van der Waals surface area contributed by atoms with Gasteiger partial charge in [-0.2, -0.15) is 29.0 Å². The Morgan fingerprint density at radius 2 is 1.55 bits per heavy atom. The van der Waals surface area contributed by atoms with Gasteiger partial charge in [0.25, 0.3) is 0 Å². The molecule has 0 saturated heterocycles. The topological polar surface area (TPSA) is 97.7 Å². The van der Waals surface area contributed by atoms with Crippen LogP contribution in [0, 0.1) is 39.4 Å². The molecule has 0 radical (unpaired) electrons. The smallest absolute Gasteiger partial charge is 0.389 e. The highest BCUT2D eigenvalue weighted by molar-refractivity contribution is 5.56. The average molecular weight is 285 g/mol. The van der Waals surface area contributed by atoms with Gasteiger partial charge in [-0.25, -0.2) is 4.79 Å². The molecule has 0 aromatic carbocycles. The summed E-state index contributed by atoms with van der Waals surface area (Å²) in [6.45, 7) is 2.46. The van der Waals surface area contributed by atoms with Crippen molar-refractivity contribution in [3.63, 3.8) is 0 Å². The van der Waals surface area contributed by atoms with Crippen LogP contribution < -0.4 is 0 Å². The van der Waals surface area contributed by atoms with Crippen LogP contribution in [0.5, 0.6) is 0 Å². The number of nitrogens with zero attached hydrogens (tertiary/aromatic N) is 3. The van der Waals surface area contributed by atoms with Crippen LogP contribution in [-0.2, 0) is 9.53 Å². The summed E-state index contributed by atoms with van der Waals surface area (Å²) in [7, 11) is 0. The fourth-order valence-corrected chi connectivity index (χ4v) is 1.15. The Morgan fingerprint density at radius 3 is 1.85 bits per heavy atom. The Balaban J connectivity index is 5.48. The largest absolute Gasteiger partial charge is 0.463 e. The second-order valence-corrected chi connectivity index (χ2v) is 4.40. The molecule has 0 amide bonds. The van der Waals surface area contributed by atoms with E-state index in [0.717, 1.165) is 5.94 Å². The summed E-state index contributed by atoms with van der Waals surface area (Å²) in [5, 5.41) is 26.6. The second-order valence-electron chi connectivity index (χ2n) is 4.40. The van der Waals surface area contributed by atoms with E-state index in [1.54, 1.807) is 6.07 Å². The first kappa shape index (κ1) is 17.5. The highest BCUT2D eigenvalue weighted by atomic mass is 19.4. The van der Waals surface area contributed by atoms with Crippen LogP contribution in [0.15, 0.2) is 5.76 Å². The fraction of sp³-hybridized carbons (Fsp3) is 0.583. The van der Waals surface area contributed by atoms with E-state index in [-0.39, 0.29) is 0 Å². The molecule has 0 aromatic heterocycles. The molecule has 106 valence electrons. The summed E-state index contributed by atoms with van der Waals surface area (Å²) in [5.74, 6) is 0.234. The maximum absolute atomic E-state index is 12.2. The summed E-state index contributed by atoms with van der Waals surface area (Å²) in [6, 6.07) is 4.32. The molecule has 0 rings (SSSR count). The Hall–Kier alpha value is -2.49. The number of alkyl halides is 3. The van der Waals surface area contributed by atoms with Gasteiger partial charge in [0.05, 0.1) is 12.1 Å². The van der Waals surface area contributed by atoms with Gasteiger partial charge in [-0.15, -0.1) is 0 Å². The molecule has 0 spiro atoms. The van der Waals surface area contributed by atoms with E-state index in [9.17, 15) is 18.0 Å². The molecule has 20 heavy (non-hydrogen) atoms. The first-order valence-electron chi connectivity index (χ1n) is 5.31. The fourth-order valence-electron chi connectivity index (χ4n) is 1.15. The number of hydrogen-bond acceptors (Lipinski definition) is 5. The highest BCUT2D eigenvalue weighted by Crippen LogP contribution is 2.37. The lowest BCUT2D eigenvalue weighted by atomic mass is 9.84. The van der Waals surface area contributed by atoms with Crippen LogP contribution in [0.25, 0.3) is 0 Å². The molecular weight excluding hydrogens is 275 g/mol. The van der Waals surface area contributed by atoms with E-state index in [1.165, 1.54) is 26.0 Å². The molecule has 8 heteroatoms. The maximum Gasteiger partial charge on any atom is 0.389 e. The van der Waals surface area contributed by atoms with Crippen LogP contribution in [-0.4, -0.2) is 17.7 Å². The number of nitriles is 3. The van der Waals surface area contributed by atoms with Gasteiger partial charge in [0.15, 0.2) is 11.5 Å². The second kappa shape index (κ2) is 6.10. The van der Waals surface area contributed by atoms with Gasteiger partial charge in [0, 0.05) is 6.42 Å². The SMILES string of the molecule is CC(C)(C#N)OC(=C=O)C(C#N)(C#N)CCC(F)(F)F. The Bertz CT molecular complexity index is 526. The zero-order valence-electron chi connectivity index (χ0n) is 10.7. The van der Waals surface area contributed by atoms with Crippen molar-refractivity contribution in [2.75, 3.05) is 0 Å². The van der Waals surface area contributed by atoms with E-state index in [0.29, 0.717) is 0 Å². The van der Waals surface area contributed by atoms with Gasteiger partial charge in [-0.3, -0.25) is 0 Å². The van der Waals surface area contributed by atoms with Crippen LogP contribution >= 0.6 is 0 Å². The number of hydrogen-bond donors (Lipinski definition) is 0. The molecule has 0 aliphatic heterocycles. The minimum Gasteiger partial charge on any atom is -0.463 e. The van der Waals surface area contributed by atoms with E-state index >= 15 is 0 Å². The quantitative estimate of drug-likeness (QED) is 0.570. The van der Waals surface area contributed by atoms with Crippen molar-refractivity contribution in [3.8, 4) is 18.2 Å². The lowest BCUT2D eigenvalue weighted by molar-refractivity contribution is -0.138. The van der Waals surface area contributed by atoms with E-state index in [2.05, 4.69) is 0 Å². The Kier molecular flexibility index (Phi) is 5.34. The van der Waals surface area contributed by atoms with Gasteiger partial charge in [0.2, 0.25) is 11.2 Å². The normalized spacial score (nSPS) is 11.5. The zero-order valence-corrected chi connectivity index (χ0v) is 10.7. The molecule has 0 bridgehead atoms. The van der Waals surface area contributed by atoms with Crippen LogP contribution in [0.3, 0.4) is 0 Å². The summed E-state index contributed by atoms with van der Waals surface area (Å²) in [5.41, 5.74) is -4.00. The van der Waals surface area contributed by atoms with Crippen molar-refractivity contribution in [2.24, 2.45) is 5.41 Å². The monoisotopic (exact) mass is 285 g/mol. The molecule has 0 aromatic rings. The minimum atomic E-state index is -4.60. The summed E-state index contributed by atoms with van der Waals surface area (Å²) in [4.78, 5) is 10.8. The van der Waals surface area contributed by atoms with E-state index < -0.39 is 35.8 Å². The van der Waals surface area contributed by atoms with Crippen molar-refractivity contribution in [2.45, 2.75) is 38.5 Å². The lowest BCUT2D eigenvalue weighted by Crippen LogP contribution is -2.31. The molecule has 0 N–H and O–H groups in total. The highest BCUT2D eigenvalue weighted by Gasteiger charge is 2.44.